The monoisotopic (exact) mass is 248 g/mol. The van der Waals surface area contributed by atoms with Crippen molar-refractivity contribution in [2.24, 2.45) is 0 Å². The summed E-state index contributed by atoms with van der Waals surface area (Å²) < 4.78 is 12.8. The first-order chi connectivity index (χ1) is 8.49. The van der Waals surface area contributed by atoms with Gasteiger partial charge >= 0.3 is 0 Å². The summed E-state index contributed by atoms with van der Waals surface area (Å²) in [7, 11) is 3.30. The van der Waals surface area contributed by atoms with E-state index in [0.29, 0.717) is 17.1 Å². The number of hydrogen-bond donors (Lipinski definition) is 0. The highest BCUT2D eigenvalue weighted by molar-refractivity contribution is 5.92. The van der Waals surface area contributed by atoms with Gasteiger partial charge in [0, 0.05) is 14.1 Å². The van der Waals surface area contributed by atoms with Crippen LogP contribution in [0.1, 0.15) is 16.2 Å². The zero-order valence-electron chi connectivity index (χ0n) is 10.4. The second kappa shape index (κ2) is 4.56. The molecule has 0 saturated carbocycles. The van der Waals surface area contributed by atoms with E-state index in [-0.39, 0.29) is 11.7 Å². The van der Waals surface area contributed by atoms with Gasteiger partial charge in [0.05, 0.1) is 11.4 Å². The Morgan fingerprint density at radius 3 is 2.39 bits per heavy atom. The van der Waals surface area contributed by atoms with Crippen molar-refractivity contribution in [2.75, 3.05) is 14.1 Å². The Kier molecular flexibility index (Phi) is 3.10. The van der Waals surface area contributed by atoms with E-state index in [4.69, 9.17) is 0 Å². The van der Waals surface area contributed by atoms with Crippen molar-refractivity contribution in [3.63, 3.8) is 0 Å². The molecule has 0 fully saturated rings. The van der Waals surface area contributed by atoms with Crippen LogP contribution in [0.3, 0.4) is 0 Å². The molecule has 0 aliphatic rings. The van der Waals surface area contributed by atoms with Crippen LogP contribution in [0.15, 0.2) is 24.3 Å². The summed E-state index contributed by atoms with van der Waals surface area (Å²) in [5, 5.41) is 8.27. The van der Waals surface area contributed by atoms with Gasteiger partial charge in [-0.1, -0.05) is 0 Å². The average Bonchev–Trinajstić information content (AvgIpc) is 2.71. The van der Waals surface area contributed by atoms with Crippen molar-refractivity contribution in [3.8, 4) is 5.69 Å². The lowest BCUT2D eigenvalue weighted by Gasteiger charge is -2.07. The smallest absolute Gasteiger partial charge is 0.275 e. The van der Waals surface area contributed by atoms with Crippen LogP contribution in [-0.4, -0.2) is 39.9 Å². The van der Waals surface area contributed by atoms with Crippen LogP contribution >= 0.6 is 0 Å². The maximum atomic E-state index is 12.8. The lowest BCUT2D eigenvalue weighted by Crippen LogP contribution is -2.23. The van der Waals surface area contributed by atoms with Crippen molar-refractivity contribution in [1.29, 1.82) is 0 Å². The van der Waals surface area contributed by atoms with Crippen LogP contribution in [0.4, 0.5) is 4.39 Å². The number of aromatic nitrogens is 3. The molecule has 0 N–H and O–H groups in total. The Balaban J connectivity index is 2.40. The molecule has 5 nitrogen and oxygen atoms in total. The number of rotatable bonds is 2. The quantitative estimate of drug-likeness (QED) is 0.807. The number of carbonyl (C=O) groups is 1. The number of halogens is 1. The predicted octanol–water partition coefficient (Wildman–Crippen LogP) is 1.42. The number of nitrogens with zero attached hydrogens (tertiary/aromatic N) is 4. The highest BCUT2D eigenvalue weighted by Crippen LogP contribution is 2.10. The van der Waals surface area contributed by atoms with E-state index in [2.05, 4.69) is 10.2 Å². The molecular formula is C12H13FN4O. The third-order valence-corrected chi connectivity index (χ3v) is 2.45. The van der Waals surface area contributed by atoms with Crippen LogP contribution in [0, 0.1) is 12.7 Å². The minimum atomic E-state index is -0.327. The topological polar surface area (TPSA) is 51.0 Å². The Hall–Kier alpha value is -2.24. The van der Waals surface area contributed by atoms with Crippen molar-refractivity contribution >= 4 is 5.91 Å². The molecule has 2 aromatic rings. The third kappa shape index (κ3) is 2.22. The molecular weight excluding hydrogens is 235 g/mol. The molecule has 0 aliphatic heterocycles. The summed E-state index contributed by atoms with van der Waals surface area (Å²) in [6.45, 7) is 1.71. The van der Waals surface area contributed by atoms with Crippen LogP contribution in [-0.2, 0) is 0 Å². The number of carbonyl (C=O) groups excluding carboxylic acids is 1. The van der Waals surface area contributed by atoms with Crippen molar-refractivity contribution in [1.82, 2.24) is 19.9 Å². The van der Waals surface area contributed by atoms with E-state index in [9.17, 15) is 9.18 Å². The van der Waals surface area contributed by atoms with E-state index in [1.54, 1.807) is 33.2 Å². The van der Waals surface area contributed by atoms with E-state index in [0.717, 1.165) is 0 Å². The second-order valence-corrected chi connectivity index (χ2v) is 4.10. The molecule has 1 heterocycles. The molecule has 0 bridgehead atoms. The molecule has 94 valence electrons. The highest BCUT2D eigenvalue weighted by atomic mass is 19.1. The fourth-order valence-electron chi connectivity index (χ4n) is 1.48. The summed E-state index contributed by atoms with van der Waals surface area (Å²) in [6, 6.07) is 5.75. The molecule has 0 radical (unpaired) electrons. The maximum absolute atomic E-state index is 12.8. The Labute approximate surface area is 104 Å². The number of aryl methyl sites for hydroxylation is 1. The van der Waals surface area contributed by atoms with Gasteiger partial charge in [0.2, 0.25) is 0 Å². The van der Waals surface area contributed by atoms with E-state index in [1.807, 2.05) is 0 Å². The van der Waals surface area contributed by atoms with Gasteiger partial charge in [0.15, 0.2) is 5.69 Å². The first kappa shape index (κ1) is 12.2. The fraction of sp³-hybridized carbons (Fsp3) is 0.250. The van der Waals surface area contributed by atoms with Crippen molar-refractivity contribution in [3.05, 3.63) is 41.5 Å². The van der Waals surface area contributed by atoms with Crippen molar-refractivity contribution < 1.29 is 9.18 Å². The molecule has 1 aromatic heterocycles. The van der Waals surface area contributed by atoms with E-state index < -0.39 is 0 Å². The molecule has 18 heavy (non-hydrogen) atoms. The highest BCUT2D eigenvalue weighted by Gasteiger charge is 2.17. The largest absolute Gasteiger partial charge is 0.343 e. The molecule has 0 saturated heterocycles. The van der Waals surface area contributed by atoms with Crippen LogP contribution in [0.2, 0.25) is 0 Å². The minimum absolute atomic E-state index is 0.208. The summed E-state index contributed by atoms with van der Waals surface area (Å²) in [6.07, 6.45) is 0. The molecule has 1 aromatic carbocycles. The molecule has 0 atom stereocenters. The van der Waals surface area contributed by atoms with Gasteiger partial charge in [-0.25, -0.2) is 4.39 Å². The van der Waals surface area contributed by atoms with Gasteiger partial charge in [-0.2, -0.15) is 9.90 Å². The van der Waals surface area contributed by atoms with E-state index >= 15 is 0 Å². The molecule has 0 spiro atoms. The molecule has 0 unspecified atom stereocenters. The van der Waals surface area contributed by atoms with Crippen molar-refractivity contribution in [2.45, 2.75) is 6.92 Å². The van der Waals surface area contributed by atoms with Gasteiger partial charge in [-0.3, -0.25) is 4.79 Å². The van der Waals surface area contributed by atoms with Gasteiger partial charge < -0.3 is 4.90 Å². The summed E-state index contributed by atoms with van der Waals surface area (Å²) in [5.74, 6) is -0.534. The lowest BCUT2D eigenvalue weighted by molar-refractivity contribution is 0.0821. The number of hydrogen-bond acceptors (Lipinski definition) is 3. The van der Waals surface area contributed by atoms with Crippen LogP contribution < -0.4 is 0 Å². The Bertz CT molecular complexity index is 574. The molecule has 6 heteroatoms. The molecule has 0 aliphatic carbocycles. The first-order valence-electron chi connectivity index (χ1n) is 5.40. The van der Waals surface area contributed by atoms with Gasteiger partial charge in [0.25, 0.3) is 5.91 Å². The lowest BCUT2D eigenvalue weighted by atomic mass is 10.3. The fourth-order valence-corrected chi connectivity index (χ4v) is 1.48. The van der Waals surface area contributed by atoms with Gasteiger partial charge in [-0.05, 0) is 31.2 Å². The Morgan fingerprint density at radius 1 is 1.22 bits per heavy atom. The Morgan fingerprint density at radius 2 is 1.83 bits per heavy atom. The summed E-state index contributed by atoms with van der Waals surface area (Å²) in [4.78, 5) is 14.6. The average molecular weight is 248 g/mol. The van der Waals surface area contributed by atoms with Gasteiger partial charge in [0.1, 0.15) is 5.82 Å². The second-order valence-electron chi connectivity index (χ2n) is 4.10. The predicted molar refractivity (Wildman–Crippen MR) is 64.1 cm³/mol. The van der Waals surface area contributed by atoms with Gasteiger partial charge in [-0.15, -0.1) is 5.10 Å². The van der Waals surface area contributed by atoms with E-state index in [1.165, 1.54) is 21.8 Å². The first-order valence-corrected chi connectivity index (χ1v) is 5.40. The molecule has 2 rings (SSSR count). The minimum Gasteiger partial charge on any atom is -0.343 e. The summed E-state index contributed by atoms with van der Waals surface area (Å²) in [5.41, 5.74) is 1.44. The number of amides is 1. The normalized spacial score (nSPS) is 10.4. The SMILES string of the molecule is Cc1nn(-c2ccc(F)cc2)nc1C(=O)N(C)C. The molecule has 1 amide bonds. The maximum Gasteiger partial charge on any atom is 0.275 e. The third-order valence-electron chi connectivity index (χ3n) is 2.45. The standard InChI is InChI=1S/C12H13FN4O/c1-8-11(12(18)16(2)3)15-17(14-8)10-6-4-9(13)5-7-10/h4-7H,1-3H3. The zero-order valence-corrected chi connectivity index (χ0v) is 10.4. The number of benzene rings is 1. The van der Waals surface area contributed by atoms with Crippen LogP contribution in [0.5, 0.6) is 0 Å². The zero-order chi connectivity index (χ0) is 13.3. The summed E-state index contributed by atoms with van der Waals surface area (Å²) >= 11 is 0. The van der Waals surface area contributed by atoms with Crippen LogP contribution in [0.25, 0.3) is 5.69 Å².